The first-order valence-corrected chi connectivity index (χ1v) is 11.5. The lowest BCUT2D eigenvalue weighted by molar-refractivity contribution is 0.324. The van der Waals surface area contributed by atoms with E-state index >= 15 is 0 Å². The number of para-hydroxylation sites is 1. The molecule has 0 aliphatic heterocycles. The number of ether oxygens (including phenoxy) is 3. The van der Waals surface area contributed by atoms with Gasteiger partial charge in [-0.3, -0.25) is 0 Å². The van der Waals surface area contributed by atoms with Crippen LogP contribution in [-0.4, -0.2) is 63.0 Å². The molecule has 0 bridgehead atoms. The van der Waals surface area contributed by atoms with E-state index in [1.165, 1.54) is 16.3 Å². The number of hydrogen-bond acceptors (Lipinski definition) is 6. The lowest BCUT2D eigenvalue weighted by atomic mass is 10.0. The molecule has 0 aliphatic rings. The van der Waals surface area contributed by atoms with Crippen molar-refractivity contribution in [2.75, 3.05) is 48.5 Å². The molecule has 0 radical (unpaired) electrons. The number of pyridine rings is 1. The van der Waals surface area contributed by atoms with E-state index in [9.17, 15) is 0 Å². The summed E-state index contributed by atoms with van der Waals surface area (Å²) in [6.07, 6.45) is 1.09. The largest absolute Gasteiger partial charge is 0.493 e. The smallest absolute Gasteiger partial charge is 0.203 e. The van der Waals surface area contributed by atoms with Gasteiger partial charge in [-0.05, 0) is 57.9 Å². The van der Waals surface area contributed by atoms with Gasteiger partial charge in [0.05, 0.1) is 38.2 Å². The molecule has 2 aromatic carbocycles. The molecule has 188 valence electrons. The molecule has 0 amide bonds. The second-order valence-electron chi connectivity index (χ2n) is 8.68. The van der Waals surface area contributed by atoms with Crippen LogP contribution >= 0.6 is 12.4 Å². The monoisotopic (exact) mass is 498 g/mol. The van der Waals surface area contributed by atoms with Crippen LogP contribution < -0.4 is 19.5 Å². The van der Waals surface area contributed by atoms with Crippen molar-refractivity contribution in [3.8, 4) is 28.5 Å². The molecular formula is C27H35ClN4O3. The zero-order chi connectivity index (χ0) is 24.2. The van der Waals surface area contributed by atoms with Crippen molar-refractivity contribution in [2.24, 2.45) is 7.05 Å². The Labute approximate surface area is 213 Å². The minimum Gasteiger partial charge on any atom is -0.493 e. The van der Waals surface area contributed by atoms with Gasteiger partial charge in [-0.1, -0.05) is 18.2 Å². The Morgan fingerprint density at radius 1 is 0.943 bits per heavy atom. The molecule has 2 heterocycles. The number of nitrogens with one attached hydrogen (secondary N) is 1. The fourth-order valence-corrected chi connectivity index (χ4v) is 4.50. The standard InChI is InChI=1S/C27H34N4O3.ClH/c1-30(2)13-9-12-28-17-19-16-21-20-10-7-8-11-22(20)31(3)26(21)25(29-19)18-14-23(32-4)27(34-6)24(15-18)33-5;/h7-8,10-11,14-16,28H,9,12-13,17H2,1-6H3;1H. The van der Waals surface area contributed by atoms with Crippen LogP contribution in [0.1, 0.15) is 12.1 Å². The lowest BCUT2D eigenvalue weighted by Crippen LogP contribution is -2.21. The van der Waals surface area contributed by atoms with Gasteiger partial charge < -0.3 is 29.0 Å². The van der Waals surface area contributed by atoms with Crippen molar-refractivity contribution in [3.05, 3.63) is 48.2 Å². The fourth-order valence-electron chi connectivity index (χ4n) is 4.50. The molecule has 0 saturated carbocycles. The molecular weight excluding hydrogens is 464 g/mol. The van der Waals surface area contributed by atoms with Gasteiger partial charge in [0.1, 0.15) is 0 Å². The Bertz CT molecular complexity index is 1280. The van der Waals surface area contributed by atoms with E-state index in [2.05, 4.69) is 66.3 Å². The minimum atomic E-state index is 0. The van der Waals surface area contributed by atoms with Gasteiger partial charge >= 0.3 is 0 Å². The van der Waals surface area contributed by atoms with E-state index in [0.717, 1.165) is 42.0 Å². The fraction of sp³-hybridized carbons (Fsp3) is 0.370. The van der Waals surface area contributed by atoms with E-state index < -0.39 is 0 Å². The van der Waals surface area contributed by atoms with Crippen LogP contribution in [-0.2, 0) is 13.6 Å². The van der Waals surface area contributed by atoms with Crippen LogP contribution in [0.25, 0.3) is 33.1 Å². The van der Waals surface area contributed by atoms with Crippen LogP contribution in [0.3, 0.4) is 0 Å². The Balaban J connectivity index is 0.00000342. The Kier molecular flexibility index (Phi) is 8.83. The first-order chi connectivity index (χ1) is 16.5. The first-order valence-electron chi connectivity index (χ1n) is 11.5. The van der Waals surface area contributed by atoms with Crippen molar-refractivity contribution in [1.82, 2.24) is 19.8 Å². The molecule has 0 atom stereocenters. The summed E-state index contributed by atoms with van der Waals surface area (Å²) in [5.74, 6) is 1.79. The summed E-state index contributed by atoms with van der Waals surface area (Å²) in [4.78, 5) is 7.32. The first kappa shape index (κ1) is 26.6. The summed E-state index contributed by atoms with van der Waals surface area (Å²) in [7, 11) is 11.2. The number of halogens is 1. The SMILES string of the molecule is COc1cc(-c2nc(CNCCCN(C)C)cc3c4ccccc4n(C)c23)cc(OC)c1OC.Cl. The van der Waals surface area contributed by atoms with E-state index in [1.54, 1.807) is 21.3 Å². The van der Waals surface area contributed by atoms with Crippen LogP contribution in [0.4, 0.5) is 0 Å². The van der Waals surface area contributed by atoms with Crippen LogP contribution in [0.2, 0.25) is 0 Å². The van der Waals surface area contributed by atoms with Crippen molar-refractivity contribution in [2.45, 2.75) is 13.0 Å². The highest BCUT2D eigenvalue weighted by atomic mass is 35.5. The molecule has 7 nitrogen and oxygen atoms in total. The predicted molar refractivity (Wildman–Crippen MR) is 145 cm³/mol. The summed E-state index contributed by atoms with van der Waals surface area (Å²) < 4.78 is 19.0. The third-order valence-corrected chi connectivity index (χ3v) is 6.14. The van der Waals surface area contributed by atoms with Crippen molar-refractivity contribution < 1.29 is 14.2 Å². The van der Waals surface area contributed by atoms with E-state index in [4.69, 9.17) is 19.2 Å². The average Bonchev–Trinajstić information content (AvgIpc) is 3.14. The van der Waals surface area contributed by atoms with Crippen LogP contribution in [0.15, 0.2) is 42.5 Å². The van der Waals surface area contributed by atoms with Gasteiger partial charge in [0.25, 0.3) is 0 Å². The second-order valence-corrected chi connectivity index (χ2v) is 8.68. The number of rotatable bonds is 10. The Morgan fingerprint density at radius 3 is 2.26 bits per heavy atom. The van der Waals surface area contributed by atoms with Crippen molar-refractivity contribution in [3.63, 3.8) is 0 Å². The van der Waals surface area contributed by atoms with Gasteiger partial charge in [-0.15, -0.1) is 12.4 Å². The molecule has 8 heteroatoms. The highest BCUT2D eigenvalue weighted by Crippen LogP contribution is 2.43. The number of nitrogens with zero attached hydrogens (tertiary/aromatic N) is 3. The molecule has 0 unspecified atom stereocenters. The zero-order valence-electron chi connectivity index (χ0n) is 21.3. The maximum absolute atomic E-state index is 5.63. The lowest BCUT2D eigenvalue weighted by Gasteiger charge is -2.16. The van der Waals surface area contributed by atoms with E-state index in [0.29, 0.717) is 23.8 Å². The molecule has 4 rings (SSSR count). The summed E-state index contributed by atoms with van der Waals surface area (Å²) in [6, 6.07) is 14.6. The van der Waals surface area contributed by atoms with Gasteiger partial charge in [-0.2, -0.15) is 0 Å². The molecule has 4 aromatic rings. The highest BCUT2D eigenvalue weighted by molar-refractivity contribution is 6.12. The summed E-state index contributed by atoms with van der Waals surface area (Å²) in [6.45, 7) is 2.69. The van der Waals surface area contributed by atoms with Crippen molar-refractivity contribution in [1.29, 1.82) is 0 Å². The minimum absolute atomic E-state index is 0. The number of fused-ring (bicyclic) bond motifs is 3. The van der Waals surface area contributed by atoms with Crippen LogP contribution in [0, 0.1) is 0 Å². The molecule has 35 heavy (non-hydrogen) atoms. The predicted octanol–water partition coefficient (Wildman–Crippen LogP) is 4.88. The molecule has 0 fully saturated rings. The maximum atomic E-state index is 5.63. The summed E-state index contributed by atoms with van der Waals surface area (Å²) in [5.41, 5.74) is 5.05. The molecule has 1 N–H and O–H groups in total. The Hall–Kier alpha value is -3.00. The summed E-state index contributed by atoms with van der Waals surface area (Å²) >= 11 is 0. The number of aromatic nitrogens is 2. The average molecular weight is 499 g/mol. The topological polar surface area (TPSA) is 60.8 Å². The zero-order valence-corrected chi connectivity index (χ0v) is 22.2. The third kappa shape index (κ3) is 5.32. The highest BCUT2D eigenvalue weighted by Gasteiger charge is 2.20. The molecule has 0 saturated heterocycles. The van der Waals surface area contributed by atoms with Gasteiger partial charge in [0, 0.05) is 35.4 Å². The maximum Gasteiger partial charge on any atom is 0.203 e. The third-order valence-electron chi connectivity index (χ3n) is 6.14. The summed E-state index contributed by atoms with van der Waals surface area (Å²) in [5, 5.41) is 5.95. The molecule has 0 spiro atoms. The number of aryl methyl sites for hydroxylation is 1. The molecule has 2 aromatic heterocycles. The number of methoxy groups -OCH3 is 3. The van der Waals surface area contributed by atoms with E-state index in [1.807, 2.05) is 12.1 Å². The van der Waals surface area contributed by atoms with Gasteiger partial charge in [-0.25, -0.2) is 4.98 Å². The number of hydrogen-bond donors (Lipinski definition) is 1. The second kappa shape index (κ2) is 11.6. The quantitative estimate of drug-likeness (QED) is 0.314. The molecule has 0 aliphatic carbocycles. The van der Waals surface area contributed by atoms with Crippen molar-refractivity contribution >= 4 is 34.2 Å². The van der Waals surface area contributed by atoms with Crippen LogP contribution in [0.5, 0.6) is 17.2 Å². The van der Waals surface area contributed by atoms with Gasteiger partial charge in [0.15, 0.2) is 11.5 Å². The number of benzene rings is 2. The van der Waals surface area contributed by atoms with Gasteiger partial charge in [0.2, 0.25) is 5.75 Å². The Morgan fingerprint density at radius 2 is 1.63 bits per heavy atom. The normalized spacial score (nSPS) is 11.2. The van der Waals surface area contributed by atoms with E-state index in [-0.39, 0.29) is 12.4 Å².